The molecule has 1 aliphatic heterocycles. The summed E-state index contributed by atoms with van der Waals surface area (Å²) in [6.07, 6.45) is -3.25. The Balaban J connectivity index is 0.00000288. The lowest BCUT2D eigenvalue weighted by atomic mass is 9.91. The summed E-state index contributed by atoms with van der Waals surface area (Å²) in [5.74, 6) is -0.395. The SMILES string of the molecule is CC(C)CC[C@@H](c1c(F)cccc1C(F)(F)F)N1CCNCC1.Cl.Cl. The topological polar surface area (TPSA) is 15.3 Å². The minimum atomic E-state index is -4.54. The Bertz CT molecular complexity index is 518. The highest BCUT2D eigenvalue weighted by Crippen LogP contribution is 2.39. The highest BCUT2D eigenvalue weighted by Gasteiger charge is 2.38. The minimum Gasteiger partial charge on any atom is -0.314 e. The van der Waals surface area contributed by atoms with E-state index < -0.39 is 23.6 Å². The molecule has 1 atom stereocenters. The van der Waals surface area contributed by atoms with Crippen LogP contribution >= 0.6 is 24.8 Å². The van der Waals surface area contributed by atoms with Gasteiger partial charge in [0.2, 0.25) is 0 Å². The van der Waals surface area contributed by atoms with Crippen molar-refractivity contribution >= 4 is 24.8 Å². The van der Waals surface area contributed by atoms with Gasteiger partial charge in [0.15, 0.2) is 0 Å². The molecule has 1 aliphatic rings. The Hall–Kier alpha value is -0.560. The molecule has 8 heteroatoms. The lowest BCUT2D eigenvalue weighted by Crippen LogP contribution is -2.45. The van der Waals surface area contributed by atoms with Gasteiger partial charge in [-0.15, -0.1) is 24.8 Å². The lowest BCUT2D eigenvalue weighted by Gasteiger charge is -2.36. The van der Waals surface area contributed by atoms with Gasteiger partial charge in [-0.05, 0) is 30.9 Å². The third-order valence-electron chi connectivity index (χ3n) is 4.30. The average molecular weight is 405 g/mol. The molecule has 1 fully saturated rings. The highest BCUT2D eigenvalue weighted by molar-refractivity contribution is 5.85. The molecule has 1 saturated heterocycles. The number of piperazine rings is 1. The molecule has 146 valence electrons. The summed E-state index contributed by atoms with van der Waals surface area (Å²) in [7, 11) is 0. The van der Waals surface area contributed by atoms with Crippen LogP contribution in [0.5, 0.6) is 0 Å². The van der Waals surface area contributed by atoms with Crippen molar-refractivity contribution in [3.8, 4) is 0 Å². The molecule has 1 N–H and O–H groups in total. The smallest absolute Gasteiger partial charge is 0.314 e. The van der Waals surface area contributed by atoms with Gasteiger partial charge in [0.1, 0.15) is 5.82 Å². The third kappa shape index (κ3) is 6.59. The molecule has 0 aliphatic carbocycles. The molecule has 25 heavy (non-hydrogen) atoms. The van der Waals surface area contributed by atoms with E-state index in [1.54, 1.807) is 0 Å². The predicted octanol–water partition coefficient (Wildman–Crippen LogP) is 5.07. The molecule has 1 aromatic rings. The van der Waals surface area contributed by atoms with Gasteiger partial charge in [-0.25, -0.2) is 4.39 Å². The van der Waals surface area contributed by atoms with Crippen LogP contribution < -0.4 is 5.32 Å². The molecule has 0 amide bonds. The average Bonchev–Trinajstić information content (AvgIpc) is 2.48. The summed E-state index contributed by atoms with van der Waals surface area (Å²) in [6.45, 7) is 6.76. The monoisotopic (exact) mass is 404 g/mol. The molecule has 1 aromatic carbocycles. The molecule has 0 radical (unpaired) electrons. The van der Waals surface area contributed by atoms with Crippen molar-refractivity contribution in [2.24, 2.45) is 5.92 Å². The number of halogens is 6. The largest absolute Gasteiger partial charge is 0.416 e. The normalized spacial score (nSPS) is 16.9. The van der Waals surface area contributed by atoms with Crippen LogP contribution in [0.4, 0.5) is 17.6 Å². The van der Waals surface area contributed by atoms with Gasteiger partial charge in [0.25, 0.3) is 0 Å². The summed E-state index contributed by atoms with van der Waals surface area (Å²) in [4.78, 5) is 1.98. The molecule has 2 nitrogen and oxygen atoms in total. The Labute approximate surface area is 159 Å². The zero-order valence-corrected chi connectivity index (χ0v) is 16.0. The summed E-state index contributed by atoms with van der Waals surface area (Å²) < 4.78 is 54.4. The molecule has 0 spiro atoms. The van der Waals surface area contributed by atoms with Gasteiger partial charge >= 0.3 is 6.18 Å². The van der Waals surface area contributed by atoms with Crippen molar-refractivity contribution in [2.45, 2.75) is 38.9 Å². The van der Waals surface area contributed by atoms with Crippen molar-refractivity contribution in [3.63, 3.8) is 0 Å². The molecule has 2 rings (SSSR count). The van der Waals surface area contributed by atoms with Crippen molar-refractivity contribution < 1.29 is 17.6 Å². The van der Waals surface area contributed by atoms with E-state index in [-0.39, 0.29) is 30.4 Å². The second-order valence-electron chi connectivity index (χ2n) is 6.47. The van der Waals surface area contributed by atoms with Crippen LogP contribution in [-0.2, 0) is 6.18 Å². The Morgan fingerprint density at radius 2 is 1.68 bits per heavy atom. The van der Waals surface area contributed by atoms with E-state index in [1.165, 1.54) is 0 Å². The summed E-state index contributed by atoms with van der Waals surface area (Å²) in [6, 6.07) is 2.73. The third-order valence-corrected chi connectivity index (χ3v) is 4.30. The number of nitrogens with one attached hydrogen (secondary N) is 1. The molecule has 0 unspecified atom stereocenters. The first-order valence-corrected chi connectivity index (χ1v) is 8.11. The van der Waals surface area contributed by atoms with Gasteiger partial charge in [0, 0.05) is 37.8 Å². The summed E-state index contributed by atoms with van der Waals surface area (Å²) in [5.41, 5.74) is -1.03. The standard InChI is InChI=1S/C17H24F4N2.2ClH/c1-12(2)6-7-15(23-10-8-22-9-11-23)16-13(17(19,20)21)4-3-5-14(16)18;;/h3-5,12,15,22H,6-11H2,1-2H3;2*1H/t15-;;/m0../s1. The first-order chi connectivity index (χ1) is 10.8. The van der Waals surface area contributed by atoms with Gasteiger partial charge in [0.05, 0.1) is 5.56 Å². The van der Waals surface area contributed by atoms with E-state index in [0.717, 1.165) is 24.6 Å². The zero-order chi connectivity index (χ0) is 17.0. The number of alkyl halides is 3. The van der Waals surface area contributed by atoms with Crippen molar-refractivity contribution in [1.82, 2.24) is 10.2 Å². The predicted molar refractivity (Wildman–Crippen MR) is 97.2 cm³/mol. The number of hydrogen-bond acceptors (Lipinski definition) is 2. The Kier molecular flexibility index (Phi) is 10.3. The van der Waals surface area contributed by atoms with Crippen LogP contribution in [0.3, 0.4) is 0 Å². The molecule has 0 bridgehead atoms. The van der Waals surface area contributed by atoms with Crippen molar-refractivity contribution in [3.05, 3.63) is 35.1 Å². The van der Waals surface area contributed by atoms with E-state index in [0.29, 0.717) is 38.5 Å². The van der Waals surface area contributed by atoms with Crippen LogP contribution in [0.1, 0.15) is 43.9 Å². The summed E-state index contributed by atoms with van der Waals surface area (Å²) in [5, 5.41) is 3.19. The van der Waals surface area contributed by atoms with E-state index in [9.17, 15) is 17.6 Å². The fraction of sp³-hybridized carbons (Fsp3) is 0.647. The first kappa shape index (κ1) is 24.4. The molecule has 0 saturated carbocycles. The molecular formula is C17H26Cl2F4N2. The second-order valence-corrected chi connectivity index (χ2v) is 6.47. The Morgan fingerprint density at radius 1 is 1.08 bits per heavy atom. The van der Waals surface area contributed by atoms with Gasteiger partial charge in [-0.3, -0.25) is 4.90 Å². The first-order valence-electron chi connectivity index (χ1n) is 8.11. The van der Waals surface area contributed by atoms with Crippen LogP contribution in [0.15, 0.2) is 18.2 Å². The molecular weight excluding hydrogens is 379 g/mol. The van der Waals surface area contributed by atoms with E-state index in [1.807, 2.05) is 18.7 Å². The zero-order valence-electron chi connectivity index (χ0n) is 14.4. The lowest BCUT2D eigenvalue weighted by molar-refractivity contribution is -0.139. The second kappa shape index (κ2) is 10.6. The van der Waals surface area contributed by atoms with Gasteiger partial charge < -0.3 is 5.32 Å². The maximum Gasteiger partial charge on any atom is 0.416 e. The summed E-state index contributed by atoms with van der Waals surface area (Å²) >= 11 is 0. The van der Waals surface area contributed by atoms with E-state index >= 15 is 0 Å². The number of rotatable bonds is 5. The van der Waals surface area contributed by atoms with Gasteiger partial charge in [-0.1, -0.05) is 19.9 Å². The number of hydrogen-bond donors (Lipinski definition) is 1. The van der Waals surface area contributed by atoms with Crippen LogP contribution in [0.2, 0.25) is 0 Å². The number of nitrogens with zero attached hydrogens (tertiary/aromatic N) is 1. The fourth-order valence-corrected chi connectivity index (χ4v) is 3.12. The minimum absolute atomic E-state index is 0. The van der Waals surface area contributed by atoms with E-state index in [4.69, 9.17) is 0 Å². The quantitative estimate of drug-likeness (QED) is 0.689. The van der Waals surface area contributed by atoms with Crippen LogP contribution in [0.25, 0.3) is 0 Å². The highest BCUT2D eigenvalue weighted by atomic mass is 35.5. The van der Waals surface area contributed by atoms with Crippen LogP contribution in [-0.4, -0.2) is 31.1 Å². The van der Waals surface area contributed by atoms with E-state index in [2.05, 4.69) is 5.32 Å². The molecule has 1 heterocycles. The van der Waals surface area contributed by atoms with Crippen molar-refractivity contribution in [2.75, 3.05) is 26.2 Å². The maximum absolute atomic E-state index is 14.4. The van der Waals surface area contributed by atoms with Crippen LogP contribution in [0, 0.1) is 11.7 Å². The molecule has 0 aromatic heterocycles. The van der Waals surface area contributed by atoms with Crippen molar-refractivity contribution in [1.29, 1.82) is 0 Å². The van der Waals surface area contributed by atoms with Gasteiger partial charge in [-0.2, -0.15) is 13.2 Å². The number of benzene rings is 1. The maximum atomic E-state index is 14.4. The fourth-order valence-electron chi connectivity index (χ4n) is 3.12. The Morgan fingerprint density at radius 3 is 2.20 bits per heavy atom.